The summed E-state index contributed by atoms with van der Waals surface area (Å²) >= 11 is 1.37. The molecule has 1 aromatic rings. The Balaban J connectivity index is 1.85. The fourth-order valence-corrected chi connectivity index (χ4v) is 5.77. The third-order valence-electron chi connectivity index (χ3n) is 4.34. The zero-order chi connectivity index (χ0) is 16.8. The average Bonchev–Trinajstić information content (AvgIpc) is 3.11. The highest BCUT2D eigenvalue weighted by Gasteiger charge is 2.37. The van der Waals surface area contributed by atoms with Crippen LogP contribution in [0.15, 0.2) is 0 Å². The van der Waals surface area contributed by atoms with Crippen LogP contribution in [0, 0.1) is 0 Å². The molecule has 7 nitrogen and oxygen atoms in total. The molecule has 23 heavy (non-hydrogen) atoms. The van der Waals surface area contributed by atoms with E-state index < -0.39 is 27.9 Å². The average molecular weight is 357 g/mol. The highest BCUT2D eigenvalue weighted by Crippen LogP contribution is 2.39. The number of nitrogens with zero attached hydrogens (tertiary/aromatic N) is 1. The Morgan fingerprint density at radius 1 is 1.30 bits per heavy atom. The van der Waals surface area contributed by atoms with Crippen molar-refractivity contribution in [2.24, 2.45) is 5.73 Å². The van der Waals surface area contributed by atoms with Gasteiger partial charge in [0.05, 0.1) is 11.8 Å². The van der Waals surface area contributed by atoms with Crippen LogP contribution in [0.4, 0.5) is 5.00 Å². The molecule has 0 spiro atoms. The van der Waals surface area contributed by atoms with E-state index in [0.717, 1.165) is 36.0 Å². The molecule has 9 heteroatoms. The van der Waals surface area contributed by atoms with E-state index in [9.17, 15) is 18.0 Å². The van der Waals surface area contributed by atoms with Crippen molar-refractivity contribution in [3.8, 4) is 0 Å². The third-order valence-corrected chi connectivity index (χ3v) is 6.83. The molecule has 0 aromatic carbocycles. The first kappa shape index (κ1) is 16.4. The molecule has 2 aliphatic rings. The topological polar surface area (TPSA) is 110 Å². The van der Waals surface area contributed by atoms with E-state index in [-0.39, 0.29) is 0 Å². The second-order valence-electron chi connectivity index (χ2n) is 5.95. The summed E-state index contributed by atoms with van der Waals surface area (Å²) in [4.78, 5) is 25.3. The quantitative estimate of drug-likeness (QED) is 0.826. The lowest BCUT2D eigenvalue weighted by atomic mass is 10.1. The number of thiophene rings is 1. The fraction of sp³-hybridized carbons (Fsp3) is 0.571. The van der Waals surface area contributed by atoms with E-state index in [4.69, 9.17) is 5.73 Å². The van der Waals surface area contributed by atoms with Crippen LogP contribution in [0.5, 0.6) is 0 Å². The maximum absolute atomic E-state index is 12.5. The summed E-state index contributed by atoms with van der Waals surface area (Å²) in [5.41, 5.74) is 6.79. The minimum Gasteiger partial charge on any atom is -0.365 e. The van der Waals surface area contributed by atoms with Gasteiger partial charge in [0.1, 0.15) is 11.0 Å². The van der Waals surface area contributed by atoms with Crippen molar-refractivity contribution < 1.29 is 18.0 Å². The Hall–Kier alpha value is -1.45. The number of anilines is 1. The summed E-state index contributed by atoms with van der Waals surface area (Å²) in [6.45, 7) is 0.348. The van der Waals surface area contributed by atoms with Gasteiger partial charge in [0.25, 0.3) is 5.91 Å². The molecular formula is C14H19N3O4S2. The van der Waals surface area contributed by atoms with Gasteiger partial charge in [-0.1, -0.05) is 0 Å². The zero-order valence-corrected chi connectivity index (χ0v) is 14.4. The van der Waals surface area contributed by atoms with Gasteiger partial charge in [0, 0.05) is 11.4 Å². The standard InChI is InChI=1S/C14H19N3O4S2/c1-23(20,21)17-7-3-5-9(17)13(19)16-14-11(12(15)18)8-4-2-6-10(8)22-14/h9H,2-7H2,1H3,(H2,15,18)(H,16,19). The Morgan fingerprint density at radius 3 is 2.70 bits per heavy atom. The Labute approximate surface area is 138 Å². The molecule has 1 aliphatic carbocycles. The SMILES string of the molecule is CS(=O)(=O)N1CCCC1C(=O)Nc1sc2c(c1C(N)=O)CCC2. The number of hydrogen-bond donors (Lipinski definition) is 2. The number of carbonyl (C=O) groups is 2. The van der Waals surface area contributed by atoms with E-state index in [0.29, 0.717) is 30.0 Å². The van der Waals surface area contributed by atoms with Gasteiger partial charge in [-0.25, -0.2) is 8.42 Å². The van der Waals surface area contributed by atoms with Crippen LogP contribution in [0.25, 0.3) is 0 Å². The molecule has 1 unspecified atom stereocenters. The lowest BCUT2D eigenvalue weighted by molar-refractivity contribution is -0.119. The molecule has 126 valence electrons. The number of nitrogens with one attached hydrogen (secondary N) is 1. The molecule has 1 atom stereocenters. The Morgan fingerprint density at radius 2 is 2.04 bits per heavy atom. The van der Waals surface area contributed by atoms with Crippen LogP contribution in [-0.4, -0.2) is 43.4 Å². The first-order chi connectivity index (χ1) is 10.8. The first-order valence-electron chi connectivity index (χ1n) is 7.51. The van der Waals surface area contributed by atoms with Gasteiger partial charge in [-0.15, -0.1) is 11.3 Å². The van der Waals surface area contributed by atoms with Gasteiger partial charge in [-0.3, -0.25) is 9.59 Å². The minimum atomic E-state index is -3.43. The third kappa shape index (κ3) is 3.00. The van der Waals surface area contributed by atoms with Crippen LogP contribution < -0.4 is 11.1 Å². The molecule has 2 amide bonds. The largest absolute Gasteiger partial charge is 0.365 e. The summed E-state index contributed by atoms with van der Waals surface area (Å²) in [6.07, 6.45) is 4.89. The highest BCUT2D eigenvalue weighted by atomic mass is 32.2. The Kier molecular flexibility index (Phi) is 4.19. The number of aryl methyl sites for hydroxylation is 1. The summed E-state index contributed by atoms with van der Waals surface area (Å²) in [5.74, 6) is -0.943. The summed E-state index contributed by atoms with van der Waals surface area (Å²) < 4.78 is 24.7. The number of nitrogens with two attached hydrogens (primary N) is 1. The van der Waals surface area contributed by atoms with Crippen molar-refractivity contribution in [2.75, 3.05) is 18.1 Å². The van der Waals surface area contributed by atoms with E-state index in [1.807, 2.05) is 0 Å². The second-order valence-corrected chi connectivity index (χ2v) is 8.99. The molecular weight excluding hydrogens is 338 g/mol. The van der Waals surface area contributed by atoms with Gasteiger partial charge in [0.15, 0.2) is 0 Å². The van der Waals surface area contributed by atoms with Crippen LogP contribution in [0.1, 0.15) is 40.1 Å². The van der Waals surface area contributed by atoms with Crippen molar-refractivity contribution in [3.05, 3.63) is 16.0 Å². The number of hydrogen-bond acceptors (Lipinski definition) is 5. The molecule has 2 heterocycles. The number of fused-ring (bicyclic) bond motifs is 1. The lowest BCUT2D eigenvalue weighted by Gasteiger charge is -2.21. The molecule has 1 aliphatic heterocycles. The second kappa shape index (κ2) is 5.88. The lowest BCUT2D eigenvalue weighted by Crippen LogP contribution is -2.42. The molecule has 3 N–H and O–H groups in total. The Bertz CT molecular complexity index is 769. The normalized spacial score (nSPS) is 21.3. The monoisotopic (exact) mass is 357 g/mol. The number of carbonyl (C=O) groups excluding carboxylic acids is 2. The minimum absolute atomic E-state index is 0.348. The molecule has 1 saturated heterocycles. The van der Waals surface area contributed by atoms with E-state index in [1.165, 1.54) is 15.6 Å². The smallest absolute Gasteiger partial charge is 0.251 e. The summed E-state index contributed by atoms with van der Waals surface area (Å²) in [5, 5.41) is 3.19. The van der Waals surface area contributed by atoms with Crippen LogP contribution in [0.2, 0.25) is 0 Å². The van der Waals surface area contributed by atoms with Crippen LogP contribution >= 0.6 is 11.3 Å². The highest BCUT2D eigenvalue weighted by molar-refractivity contribution is 7.88. The van der Waals surface area contributed by atoms with E-state index in [2.05, 4.69) is 5.32 Å². The van der Waals surface area contributed by atoms with Gasteiger partial charge in [-0.2, -0.15) is 4.31 Å². The number of amides is 2. The maximum Gasteiger partial charge on any atom is 0.251 e. The fourth-order valence-electron chi connectivity index (χ4n) is 3.35. The number of rotatable bonds is 4. The zero-order valence-electron chi connectivity index (χ0n) is 12.8. The maximum atomic E-state index is 12.5. The molecule has 0 radical (unpaired) electrons. The molecule has 1 aromatic heterocycles. The van der Waals surface area contributed by atoms with E-state index in [1.54, 1.807) is 0 Å². The predicted octanol–water partition coefficient (Wildman–Crippen LogP) is 0.698. The van der Waals surface area contributed by atoms with Gasteiger partial charge in [-0.05, 0) is 37.7 Å². The van der Waals surface area contributed by atoms with Crippen molar-refractivity contribution in [2.45, 2.75) is 38.1 Å². The van der Waals surface area contributed by atoms with Gasteiger partial charge >= 0.3 is 0 Å². The molecule has 1 fully saturated rings. The number of sulfonamides is 1. The van der Waals surface area contributed by atoms with Crippen molar-refractivity contribution >= 4 is 38.2 Å². The summed E-state index contributed by atoms with van der Waals surface area (Å²) in [6, 6.07) is -0.720. The van der Waals surface area contributed by atoms with Crippen molar-refractivity contribution in [1.82, 2.24) is 4.31 Å². The summed E-state index contributed by atoms with van der Waals surface area (Å²) in [7, 11) is -3.43. The van der Waals surface area contributed by atoms with Crippen molar-refractivity contribution in [1.29, 1.82) is 0 Å². The molecule has 0 saturated carbocycles. The van der Waals surface area contributed by atoms with Gasteiger partial charge in [0.2, 0.25) is 15.9 Å². The first-order valence-corrected chi connectivity index (χ1v) is 10.2. The van der Waals surface area contributed by atoms with E-state index >= 15 is 0 Å². The molecule has 0 bridgehead atoms. The molecule has 3 rings (SSSR count). The predicted molar refractivity (Wildman–Crippen MR) is 88.1 cm³/mol. The number of primary amides is 1. The van der Waals surface area contributed by atoms with Crippen LogP contribution in [0.3, 0.4) is 0 Å². The van der Waals surface area contributed by atoms with Crippen molar-refractivity contribution in [3.63, 3.8) is 0 Å². The van der Waals surface area contributed by atoms with Gasteiger partial charge < -0.3 is 11.1 Å². The van der Waals surface area contributed by atoms with Crippen LogP contribution in [-0.2, 0) is 27.7 Å².